The van der Waals surface area contributed by atoms with E-state index >= 15 is 0 Å². The van der Waals surface area contributed by atoms with Gasteiger partial charge in [-0.05, 0) is 64.3 Å². The molecule has 1 atom stereocenters. The van der Waals surface area contributed by atoms with Crippen LogP contribution in [0.2, 0.25) is 0 Å². The molecule has 144 valence electrons. The van der Waals surface area contributed by atoms with E-state index in [1.54, 1.807) is 0 Å². The van der Waals surface area contributed by atoms with E-state index in [9.17, 15) is 4.79 Å². The summed E-state index contributed by atoms with van der Waals surface area (Å²) in [6.45, 7) is 7.36. The van der Waals surface area contributed by atoms with Crippen molar-refractivity contribution in [3.05, 3.63) is 24.3 Å². The highest BCUT2D eigenvalue weighted by Gasteiger charge is 2.28. The molecule has 2 aliphatic heterocycles. The number of likely N-dealkylation sites (tertiary alicyclic amines) is 2. The van der Waals surface area contributed by atoms with Gasteiger partial charge in [0.15, 0.2) is 11.5 Å². The second-order valence-electron chi connectivity index (χ2n) is 7.21. The third-order valence-electron chi connectivity index (χ3n) is 5.35. The van der Waals surface area contributed by atoms with E-state index in [0.717, 1.165) is 37.4 Å². The van der Waals surface area contributed by atoms with Crippen LogP contribution in [0.1, 0.15) is 45.4 Å². The Morgan fingerprint density at radius 1 is 1.08 bits per heavy atom. The molecule has 0 spiro atoms. The van der Waals surface area contributed by atoms with Gasteiger partial charge in [-0.25, -0.2) is 0 Å². The van der Waals surface area contributed by atoms with Gasteiger partial charge in [0.1, 0.15) is 0 Å². The zero-order valence-corrected chi connectivity index (χ0v) is 16.0. The van der Waals surface area contributed by atoms with Crippen LogP contribution in [0.3, 0.4) is 0 Å². The van der Waals surface area contributed by atoms with Crippen molar-refractivity contribution in [2.75, 3.05) is 39.4 Å². The predicted octanol–water partition coefficient (Wildman–Crippen LogP) is 3.33. The summed E-state index contributed by atoms with van der Waals surface area (Å²) < 4.78 is 11.4. The Kier molecular flexibility index (Phi) is 7.18. The molecule has 1 amide bonds. The lowest BCUT2D eigenvalue weighted by atomic mass is 10.0. The maximum Gasteiger partial charge on any atom is 0.222 e. The summed E-state index contributed by atoms with van der Waals surface area (Å²) in [5.74, 6) is 1.80. The first-order valence-corrected chi connectivity index (χ1v) is 10.1. The molecule has 0 radical (unpaired) electrons. The number of carbonyl (C=O) groups is 1. The number of amides is 1. The number of rotatable bonds is 8. The molecular formula is C21H32N2O3. The summed E-state index contributed by atoms with van der Waals surface area (Å²) in [5, 5.41) is 0. The molecule has 2 aliphatic rings. The van der Waals surface area contributed by atoms with Gasteiger partial charge in [0.25, 0.3) is 0 Å². The van der Waals surface area contributed by atoms with Crippen LogP contribution in [-0.4, -0.2) is 61.1 Å². The topological polar surface area (TPSA) is 42.0 Å². The second kappa shape index (κ2) is 9.81. The maximum atomic E-state index is 12.6. The molecule has 0 aliphatic carbocycles. The van der Waals surface area contributed by atoms with Crippen LogP contribution in [-0.2, 0) is 4.79 Å². The van der Waals surface area contributed by atoms with Crippen LogP contribution in [0.4, 0.5) is 0 Å². The molecule has 0 saturated carbocycles. The van der Waals surface area contributed by atoms with Crippen LogP contribution >= 0.6 is 0 Å². The van der Waals surface area contributed by atoms with Gasteiger partial charge in [0.05, 0.1) is 13.2 Å². The van der Waals surface area contributed by atoms with E-state index in [4.69, 9.17) is 9.47 Å². The lowest BCUT2D eigenvalue weighted by molar-refractivity contribution is -0.133. The van der Waals surface area contributed by atoms with Crippen molar-refractivity contribution in [3.63, 3.8) is 0 Å². The van der Waals surface area contributed by atoms with Crippen molar-refractivity contribution >= 4 is 5.91 Å². The minimum Gasteiger partial charge on any atom is -0.490 e. The lowest BCUT2D eigenvalue weighted by Crippen LogP contribution is -2.49. The van der Waals surface area contributed by atoms with Gasteiger partial charge in [0, 0.05) is 25.6 Å². The number of piperidine rings is 1. The first kappa shape index (κ1) is 19.0. The molecule has 2 saturated heterocycles. The van der Waals surface area contributed by atoms with Crippen molar-refractivity contribution in [3.8, 4) is 11.5 Å². The molecule has 0 bridgehead atoms. The molecule has 5 nitrogen and oxygen atoms in total. The normalized spacial score (nSPS) is 21.0. The molecule has 0 N–H and O–H groups in total. The predicted molar refractivity (Wildman–Crippen MR) is 103 cm³/mol. The molecule has 3 rings (SSSR count). The monoisotopic (exact) mass is 360 g/mol. The van der Waals surface area contributed by atoms with Gasteiger partial charge >= 0.3 is 0 Å². The van der Waals surface area contributed by atoms with Crippen molar-refractivity contribution in [1.29, 1.82) is 0 Å². The molecule has 1 aromatic carbocycles. The Hall–Kier alpha value is -1.75. The highest BCUT2D eigenvalue weighted by molar-refractivity contribution is 5.76. The highest BCUT2D eigenvalue weighted by atomic mass is 16.5. The summed E-state index contributed by atoms with van der Waals surface area (Å²) in [6, 6.07) is 8.28. The molecule has 0 aromatic heterocycles. The number of carbonyl (C=O) groups excluding carboxylic acids is 1. The summed E-state index contributed by atoms with van der Waals surface area (Å²) >= 11 is 0. The number of hydrogen-bond acceptors (Lipinski definition) is 4. The first-order valence-electron chi connectivity index (χ1n) is 10.1. The van der Waals surface area contributed by atoms with E-state index in [1.807, 2.05) is 31.2 Å². The third-order valence-corrected chi connectivity index (χ3v) is 5.35. The van der Waals surface area contributed by atoms with Gasteiger partial charge in [-0.1, -0.05) is 12.1 Å². The number of para-hydroxylation sites is 2. The molecule has 1 unspecified atom stereocenters. The van der Waals surface area contributed by atoms with Gasteiger partial charge in [0.2, 0.25) is 5.91 Å². The highest BCUT2D eigenvalue weighted by Crippen LogP contribution is 2.26. The average molecular weight is 360 g/mol. The summed E-state index contributed by atoms with van der Waals surface area (Å²) in [5.41, 5.74) is 0. The van der Waals surface area contributed by atoms with Crippen LogP contribution in [0.15, 0.2) is 24.3 Å². The van der Waals surface area contributed by atoms with Crippen molar-refractivity contribution in [1.82, 2.24) is 9.80 Å². The summed E-state index contributed by atoms with van der Waals surface area (Å²) in [4.78, 5) is 17.2. The molecule has 2 fully saturated rings. The number of nitrogens with zero attached hydrogens (tertiary/aromatic N) is 2. The molecular weight excluding hydrogens is 328 g/mol. The Morgan fingerprint density at radius 3 is 2.54 bits per heavy atom. The number of ether oxygens (including phenoxy) is 2. The van der Waals surface area contributed by atoms with E-state index in [2.05, 4.69) is 9.80 Å². The van der Waals surface area contributed by atoms with E-state index in [-0.39, 0.29) is 5.91 Å². The zero-order valence-electron chi connectivity index (χ0n) is 16.0. The van der Waals surface area contributed by atoms with Gasteiger partial charge in [-0.2, -0.15) is 0 Å². The van der Waals surface area contributed by atoms with Crippen LogP contribution in [0.5, 0.6) is 11.5 Å². The number of hydrogen-bond donors (Lipinski definition) is 0. The smallest absolute Gasteiger partial charge is 0.222 e. The van der Waals surface area contributed by atoms with Crippen LogP contribution < -0.4 is 9.47 Å². The standard InChI is InChI=1S/C21H32N2O3/c1-2-25-19-10-3-4-11-20(19)26-16-8-12-21(24)23-15-7-9-18(17-23)22-13-5-6-14-22/h3-4,10-11,18H,2,5-9,12-17H2,1H3. The first-order chi connectivity index (χ1) is 12.8. The van der Waals surface area contributed by atoms with Crippen molar-refractivity contribution < 1.29 is 14.3 Å². The van der Waals surface area contributed by atoms with E-state index in [0.29, 0.717) is 25.7 Å². The van der Waals surface area contributed by atoms with Crippen LogP contribution in [0, 0.1) is 0 Å². The van der Waals surface area contributed by atoms with Crippen molar-refractivity contribution in [2.45, 2.75) is 51.5 Å². The summed E-state index contributed by atoms with van der Waals surface area (Å²) in [6.07, 6.45) is 6.29. The Labute approximate surface area is 157 Å². The van der Waals surface area contributed by atoms with Gasteiger partial charge in [-0.3, -0.25) is 9.69 Å². The molecule has 26 heavy (non-hydrogen) atoms. The zero-order chi connectivity index (χ0) is 18.2. The lowest BCUT2D eigenvalue weighted by Gasteiger charge is -2.37. The minimum absolute atomic E-state index is 0.274. The van der Waals surface area contributed by atoms with Gasteiger partial charge < -0.3 is 14.4 Å². The fraction of sp³-hybridized carbons (Fsp3) is 0.667. The minimum atomic E-state index is 0.274. The molecule has 1 aromatic rings. The average Bonchev–Trinajstić information content (AvgIpc) is 3.21. The van der Waals surface area contributed by atoms with Crippen LogP contribution in [0.25, 0.3) is 0 Å². The summed E-state index contributed by atoms with van der Waals surface area (Å²) in [7, 11) is 0. The molecule has 5 heteroatoms. The third kappa shape index (κ3) is 5.13. The Bertz CT molecular complexity index is 572. The fourth-order valence-electron chi connectivity index (χ4n) is 3.99. The molecule has 2 heterocycles. The SMILES string of the molecule is CCOc1ccccc1OCCCC(=O)N1CCCC(N2CCCC2)C1. The largest absolute Gasteiger partial charge is 0.490 e. The maximum absolute atomic E-state index is 12.6. The Balaban J connectivity index is 1.40. The van der Waals surface area contributed by atoms with E-state index < -0.39 is 0 Å². The van der Waals surface area contributed by atoms with E-state index in [1.165, 1.54) is 32.4 Å². The fourth-order valence-corrected chi connectivity index (χ4v) is 3.99. The second-order valence-corrected chi connectivity index (χ2v) is 7.21. The van der Waals surface area contributed by atoms with Gasteiger partial charge in [-0.15, -0.1) is 0 Å². The quantitative estimate of drug-likeness (QED) is 0.667. The Morgan fingerprint density at radius 2 is 1.81 bits per heavy atom. The number of benzene rings is 1. The van der Waals surface area contributed by atoms with Crippen molar-refractivity contribution in [2.24, 2.45) is 0 Å².